The topological polar surface area (TPSA) is 178 Å². The van der Waals surface area contributed by atoms with Gasteiger partial charge in [-0.05, 0) is 24.9 Å². The average molecular weight is 372 g/mol. The fourth-order valence-electron chi connectivity index (χ4n) is 2.32. The maximum atomic E-state index is 11.5. The van der Waals surface area contributed by atoms with Crippen LogP contribution in [-0.4, -0.2) is 37.4 Å². The largest absolute Gasteiger partial charge is 0.325 e. The van der Waals surface area contributed by atoms with Gasteiger partial charge in [-0.1, -0.05) is 0 Å². The van der Waals surface area contributed by atoms with Crippen LogP contribution >= 0.6 is 7.60 Å². The van der Waals surface area contributed by atoms with E-state index in [-0.39, 0.29) is 29.4 Å². The number of hydrogen-bond acceptors (Lipinski definition) is 6. The molecule has 5 N–H and O–H groups in total. The van der Waals surface area contributed by atoms with Crippen molar-refractivity contribution >= 4 is 24.3 Å². The minimum atomic E-state index is -4.01. The molecule has 0 saturated carbocycles. The maximum Gasteiger partial charge on any atom is 0.325 e. The third-order valence-electron chi connectivity index (χ3n) is 3.48. The highest BCUT2D eigenvalue weighted by atomic mass is 31.2. The van der Waals surface area contributed by atoms with E-state index in [1.807, 2.05) is 0 Å². The van der Waals surface area contributed by atoms with Gasteiger partial charge in [0.05, 0.1) is 16.0 Å². The van der Waals surface area contributed by atoms with Crippen LogP contribution in [0.15, 0.2) is 21.7 Å². The molecule has 136 valence electrons. The number of benzene rings is 1. The van der Waals surface area contributed by atoms with Crippen LogP contribution < -0.4 is 16.4 Å². The van der Waals surface area contributed by atoms with Crippen LogP contribution in [0.2, 0.25) is 0 Å². The number of aromatic nitrogens is 2. The van der Waals surface area contributed by atoms with Gasteiger partial charge in [-0.25, -0.2) is 0 Å². The number of unbranched alkanes of at least 4 members (excludes halogenated alkanes) is 1. The first kappa shape index (κ1) is 19.0. The van der Waals surface area contributed by atoms with Gasteiger partial charge >= 0.3 is 18.7 Å². The third kappa shape index (κ3) is 5.33. The fraction of sp³-hybridized carbons (Fsp3) is 0.385. The number of aromatic amines is 2. The lowest BCUT2D eigenvalue weighted by molar-refractivity contribution is -0.384. The minimum Gasteiger partial charge on any atom is -0.324 e. The van der Waals surface area contributed by atoms with Crippen molar-refractivity contribution in [2.75, 3.05) is 12.7 Å². The van der Waals surface area contributed by atoms with Crippen LogP contribution in [0, 0.1) is 10.1 Å². The third-order valence-corrected chi connectivity index (χ3v) is 4.38. The number of nitrogens with zero attached hydrogens (tertiary/aromatic N) is 1. The first-order valence-corrected chi connectivity index (χ1v) is 9.16. The molecule has 25 heavy (non-hydrogen) atoms. The van der Waals surface area contributed by atoms with Crippen LogP contribution in [0.3, 0.4) is 0 Å². The molecule has 2 rings (SSSR count). The Kier molecular flexibility index (Phi) is 5.85. The van der Waals surface area contributed by atoms with Gasteiger partial charge in [0.15, 0.2) is 0 Å². The molecule has 11 nitrogen and oxygen atoms in total. The number of non-ortho nitro benzene ring substituents is 1. The smallest absolute Gasteiger partial charge is 0.324 e. The zero-order chi connectivity index (χ0) is 18.6. The second kappa shape index (κ2) is 7.70. The molecule has 0 amide bonds. The Balaban J connectivity index is 2.14. The summed E-state index contributed by atoms with van der Waals surface area (Å²) in [5.41, 5.74) is -1.12. The molecular weight excluding hydrogens is 355 g/mol. The molecule has 0 aliphatic heterocycles. The van der Waals surface area contributed by atoms with Crippen LogP contribution in [0.5, 0.6) is 0 Å². The molecule has 0 unspecified atom stereocenters. The van der Waals surface area contributed by atoms with E-state index in [1.165, 1.54) is 6.07 Å². The summed E-state index contributed by atoms with van der Waals surface area (Å²) in [6, 6.07) is 2.45. The van der Waals surface area contributed by atoms with E-state index in [0.717, 1.165) is 6.07 Å². The maximum absolute atomic E-state index is 11.5. The molecular formula is C13H17N4O7P. The van der Waals surface area contributed by atoms with Gasteiger partial charge in [0.1, 0.15) is 0 Å². The van der Waals surface area contributed by atoms with Gasteiger partial charge in [-0.3, -0.25) is 24.3 Å². The Bertz CT molecular complexity index is 946. The summed E-state index contributed by atoms with van der Waals surface area (Å²) in [6.07, 6.45) is 0.630. The van der Waals surface area contributed by atoms with Crippen molar-refractivity contribution in [3.05, 3.63) is 48.5 Å². The SMILES string of the molecule is O=c1[nH]c2cc([N+](=O)[O-])cc(CNCCCCP(=O)(O)O)c2[nH]c1=O. The van der Waals surface area contributed by atoms with E-state index in [2.05, 4.69) is 15.3 Å². The van der Waals surface area contributed by atoms with Crippen LogP contribution in [0.25, 0.3) is 11.0 Å². The van der Waals surface area contributed by atoms with Gasteiger partial charge in [-0.2, -0.15) is 0 Å². The highest BCUT2D eigenvalue weighted by Crippen LogP contribution is 2.35. The zero-order valence-corrected chi connectivity index (χ0v) is 13.9. The van der Waals surface area contributed by atoms with Crippen molar-refractivity contribution in [2.45, 2.75) is 19.4 Å². The lowest BCUT2D eigenvalue weighted by Gasteiger charge is -2.08. The summed E-state index contributed by atoms with van der Waals surface area (Å²) in [5.74, 6) is 0. The molecule has 1 aromatic heterocycles. The number of nitro benzene ring substituents is 1. The van der Waals surface area contributed by atoms with E-state index in [4.69, 9.17) is 9.79 Å². The van der Waals surface area contributed by atoms with Gasteiger partial charge in [-0.15, -0.1) is 0 Å². The normalized spacial score (nSPS) is 11.8. The van der Waals surface area contributed by atoms with E-state index in [0.29, 0.717) is 24.9 Å². The summed E-state index contributed by atoms with van der Waals surface area (Å²) in [4.78, 5) is 55.5. The second-order valence-corrected chi connectivity index (χ2v) is 7.24. The predicted octanol–water partition coefficient (Wildman–Crippen LogP) is 0.172. The van der Waals surface area contributed by atoms with Crippen LogP contribution in [0.1, 0.15) is 18.4 Å². The van der Waals surface area contributed by atoms with Crippen LogP contribution in [0.4, 0.5) is 5.69 Å². The first-order chi connectivity index (χ1) is 11.7. The van der Waals surface area contributed by atoms with Gasteiger partial charge in [0.2, 0.25) is 0 Å². The van der Waals surface area contributed by atoms with Crippen molar-refractivity contribution in [1.29, 1.82) is 0 Å². The number of nitrogens with one attached hydrogen (secondary N) is 3. The lowest BCUT2D eigenvalue weighted by atomic mass is 10.1. The molecule has 0 bridgehead atoms. The van der Waals surface area contributed by atoms with E-state index in [9.17, 15) is 24.3 Å². The fourth-order valence-corrected chi connectivity index (χ4v) is 2.95. The molecule has 1 aromatic carbocycles. The van der Waals surface area contributed by atoms with Crippen molar-refractivity contribution in [3.8, 4) is 0 Å². The quantitative estimate of drug-likeness (QED) is 0.143. The Morgan fingerprint density at radius 1 is 1.16 bits per heavy atom. The number of hydrogen-bond donors (Lipinski definition) is 5. The number of fused-ring (bicyclic) bond motifs is 1. The standard InChI is InChI=1S/C13H17N4O7P/c18-12-13(19)16-11-8(5-9(17(20)21)6-10(11)15-12)7-14-3-1-2-4-25(22,23)24/h5-6,14H,1-4,7H2,(H,15,18)(H,16,19)(H2,22,23,24). The number of nitro groups is 1. The molecule has 0 radical (unpaired) electrons. The highest BCUT2D eigenvalue weighted by molar-refractivity contribution is 7.51. The Morgan fingerprint density at radius 2 is 1.84 bits per heavy atom. The summed E-state index contributed by atoms with van der Waals surface area (Å²) in [5, 5.41) is 14.0. The van der Waals surface area contributed by atoms with Crippen molar-refractivity contribution < 1.29 is 19.3 Å². The molecule has 0 atom stereocenters. The number of rotatable bonds is 8. The van der Waals surface area contributed by atoms with E-state index >= 15 is 0 Å². The zero-order valence-electron chi connectivity index (χ0n) is 13.0. The molecule has 0 aliphatic rings. The monoisotopic (exact) mass is 372 g/mol. The Hall–Kier alpha value is -2.33. The Morgan fingerprint density at radius 3 is 2.48 bits per heavy atom. The Labute approximate surface area is 140 Å². The highest BCUT2D eigenvalue weighted by Gasteiger charge is 2.14. The summed E-state index contributed by atoms with van der Waals surface area (Å²) in [6.45, 7) is 0.605. The predicted molar refractivity (Wildman–Crippen MR) is 89.7 cm³/mol. The van der Waals surface area contributed by atoms with Crippen molar-refractivity contribution in [3.63, 3.8) is 0 Å². The van der Waals surface area contributed by atoms with Gasteiger partial charge in [0, 0.05) is 24.8 Å². The van der Waals surface area contributed by atoms with Gasteiger partial charge < -0.3 is 25.1 Å². The lowest BCUT2D eigenvalue weighted by Crippen LogP contribution is -2.29. The van der Waals surface area contributed by atoms with Gasteiger partial charge in [0.25, 0.3) is 5.69 Å². The molecule has 12 heteroatoms. The molecule has 0 saturated heterocycles. The minimum absolute atomic E-state index is 0.150. The molecule has 1 heterocycles. The van der Waals surface area contributed by atoms with Crippen LogP contribution in [-0.2, 0) is 11.1 Å². The summed E-state index contributed by atoms with van der Waals surface area (Å²) in [7, 11) is -4.01. The van der Waals surface area contributed by atoms with E-state index < -0.39 is 23.6 Å². The first-order valence-electron chi connectivity index (χ1n) is 7.36. The van der Waals surface area contributed by atoms with Crippen molar-refractivity contribution in [1.82, 2.24) is 15.3 Å². The average Bonchev–Trinajstić information content (AvgIpc) is 2.50. The summed E-state index contributed by atoms with van der Waals surface area (Å²) >= 11 is 0. The van der Waals surface area contributed by atoms with E-state index in [1.54, 1.807) is 0 Å². The number of H-pyrrole nitrogens is 2. The summed E-state index contributed by atoms with van der Waals surface area (Å²) < 4.78 is 10.7. The second-order valence-electron chi connectivity index (χ2n) is 5.46. The molecule has 2 aromatic rings. The molecule has 0 fully saturated rings. The van der Waals surface area contributed by atoms with Crippen molar-refractivity contribution in [2.24, 2.45) is 0 Å². The molecule has 0 aliphatic carbocycles. The molecule has 0 spiro atoms.